The van der Waals surface area contributed by atoms with E-state index in [4.69, 9.17) is 15.5 Å². The number of carbonyl (C=O) groups excluding carboxylic acids is 1. The van der Waals surface area contributed by atoms with Crippen molar-refractivity contribution < 1.29 is 9.53 Å². The molecule has 4 rings (SSSR count). The predicted octanol–water partition coefficient (Wildman–Crippen LogP) is 2.78. The van der Waals surface area contributed by atoms with Gasteiger partial charge in [0.25, 0.3) is 5.56 Å². The van der Waals surface area contributed by atoms with Crippen molar-refractivity contribution in [1.29, 1.82) is 0 Å². The smallest absolute Gasteiger partial charge is 0.263 e. The molecule has 0 spiro atoms. The van der Waals surface area contributed by atoms with Gasteiger partial charge in [0.15, 0.2) is 0 Å². The number of carbonyl (C=O) groups is 1. The number of hydrogen-bond acceptors (Lipinski definition) is 4. The summed E-state index contributed by atoms with van der Waals surface area (Å²) < 4.78 is 9.00. The Morgan fingerprint density at radius 2 is 2.00 bits per heavy atom. The second kappa shape index (κ2) is 7.63. The Labute approximate surface area is 175 Å². The van der Waals surface area contributed by atoms with Crippen LogP contribution in [0.3, 0.4) is 0 Å². The zero-order valence-corrected chi connectivity index (χ0v) is 17.7. The minimum absolute atomic E-state index is 0.236. The number of hydrogen-bond donors (Lipinski definition) is 1. The van der Waals surface area contributed by atoms with Crippen LogP contribution in [-0.4, -0.2) is 27.0 Å². The third kappa shape index (κ3) is 3.38. The van der Waals surface area contributed by atoms with E-state index in [1.807, 2.05) is 35.0 Å². The minimum Gasteiger partial charge on any atom is -0.496 e. The zero-order valence-electron chi connectivity index (χ0n) is 17.7. The van der Waals surface area contributed by atoms with E-state index in [-0.39, 0.29) is 5.56 Å². The maximum absolute atomic E-state index is 13.2. The number of rotatable bonds is 7. The first-order valence-electron chi connectivity index (χ1n) is 10.4. The first-order chi connectivity index (χ1) is 14.3. The van der Waals surface area contributed by atoms with Crippen LogP contribution in [0.25, 0.3) is 5.78 Å². The number of para-hydroxylation sites is 1. The molecule has 7 nitrogen and oxygen atoms in total. The summed E-state index contributed by atoms with van der Waals surface area (Å²) in [6.45, 7) is 3.96. The number of benzene rings is 1. The molecule has 158 valence electrons. The molecule has 0 atom stereocenters. The van der Waals surface area contributed by atoms with Crippen LogP contribution < -0.4 is 16.0 Å². The van der Waals surface area contributed by atoms with Gasteiger partial charge in [0.2, 0.25) is 11.7 Å². The third-order valence-corrected chi connectivity index (χ3v) is 6.32. The lowest BCUT2D eigenvalue weighted by Crippen LogP contribution is -2.41. The summed E-state index contributed by atoms with van der Waals surface area (Å²) in [7, 11) is 1.66. The lowest BCUT2D eigenvalue weighted by molar-refractivity contribution is -0.122. The van der Waals surface area contributed by atoms with Gasteiger partial charge in [-0.3, -0.25) is 14.0 Å². The molecule has 1 saturated carbocycles. The van der Waals surface area contributed by atoms with E-state index in [1.165, 1.54) is 6.42 Å². The van der Waals surface area contributed by atoms with Crippen molar-refractivity contribution in [3.05, 3.63) is 63.8 Å². The SMILES string of the molecule is COc1ccccc1CCn1cc(C(C)(C)C(N)=O)c(=O)n2cc(C3CCC3)nc12. The summed E-state index contributed by atoms with van der Waals surface area (Å²) >= 11 is 0. The number of amides is 1. The Balaban J connectivity index is 1.81. The minimum atomic E-state index is -1.08. The molecule has 0 bridgehead atoms. The molecule has 0 aliphatic heterocycles. The lowest BCUT2D eigenvalue weighted by Gasteiger charge is -2.22. The van der Waals surface area contributed by atoms with Crippen LogP contribution in [0.5, 0.6) is 5.75 Å². The number of methoxy groups -OCH3 is 1. The Morgan fingerprint density at radius 1 is 1.27 bits per heavy atom. The van der Waals surface area contributed by atoms with Crippen molar-refractivity contribution in [3.63, 3.8) is 0 Å². The number of nitrogens with two attached hydrogens (primary N) is 1. The third-order valence-electron chi connectivity index (χ3n) is 6.32. The van der Waals surface area contributed by atoms with Crippen molar-refractivity contribution >= 4 is 11.7 Å². The van der Waals surface area contributed by atoms with Gasteiger partial charge in [-0.25, -0.2) is 4.98 Å². The molecule has 1 fully saturated rings. The van der Waals surface area contributed by atoms with Gasteiger partial charge in [-0.05, 0) is 44.7 Å². The van der Waals surface area contributed by atoms with Crippen LogP contribution >= 0.6 is 0 Å². The number of nitrogens with zero attached hydrogens (tertiary/aromatic N) is 3. The first kappa shape index (κ1) is 20.2. The number of imidazole rings is 1. The van der Waals surface area contributed by atoms with Crippen molar-refractivity contribution in [2.75, 3.05) is 7.11 Å². The summed E-state index contributed by atoms with van der Waals surface area (Å²) in [5, 5.41) is 0. The van der Waals surface area contributed by atoms with E-state index in [1.54, 1.807) is 31.6 Å². The van der Waals surface area contributed by atoms with E-state index < -0.39 is 11.3 Å². The molecule has 2 aromatic heterocycles. The fourth-order valence-corrected chi connectivity index (χ4v) is 3.92. The van der Waals surface area contributed by atoms with Crippen LogP contribution in [0.4, 0.5) is 0 Å². The Bertz CT molecular complexity index is 1150. The van der Waals surface area contributed by atoms with E-state index in [9.17, 15) is 9.59 Å². The van der Waals surface area contributed by atoms with Gasteiger partial charge in [0.05, 0.1) is 18.2 Å². The van der Waals surface area contributed by atoms with Gasteiger partial charge in [0.1, 0.15) is 5.75 Å². The highest BCUT2D eigenvalue weighted by Gasteiger charge is 2.32. The fraction of sp³-hybridized carbons (Fsp3) is 0.435. The summed E-state index contributed by atoms with van der Waals surface area (Å²) in [6, 6.07) is 7.87. The van der Waals surface area contributed by atoms with Crippen molar-refractivity contribution in [2.24, 2.45) is 5.73 Å². The van der Waals surface area contributed by atoms with E-state index in [0.717, 1.165) is 29.8 Å². The molecule has 0 radical (unpaired) electrons. The van der Waals surface area contributed by atoms with Crippen molar-refractivity contribution in [3.8, 4) is 5.75 Å². The van der Waals surface area contributed by atoms with Crippen molar-refractivity contribution in [2.45, 2.75) is 57.4 Å². The number of fused-ring (bicyclic) bond motifs is 1. The monoisotopic (exact) mass is 408 g/mol. The molecule has 1 amide bonds. The van der Waals surface area contributed by atoms with Gasteiger partial charge in [-0.15, -0.1) is 0 Å². The molecular formula is C23H28N4O3. The van der Waals surface area contributed by atoms with Gasteiger partial charge in [-0.1, -0.05) is 24.6 Å². The zero-order chi connectivity index (χ0) is 21.5. The second-order valence-corrected chi connectivity index (χ2v) is 8.56. The Morgan fingerprint density at radius 3 is 2.63 bits per heavy atom. The van der Waals surface area contributed by atoms with Gasteiger partial charge in [0, 0.05) is 30.4 Å². The first-order valence-corrected chi connectivity index (χ1v) is 10.4. The van der Waals surface area contributed by atoms with Crippen LogP contribution in [0.1, 0.15) is 55.8 Å². The van der Waals surface area contributed by atoms with Gasteiger partial charge in [-0.2, -0.15) is 0 Å². The molecule has 3 aromatic rings. The van der Waals surface area contributed by atoms with E-state index in [0.29, 0.717) is 30.2 Å². The average Bonchev–Trinajstić information content (AvgIpc) is 3.11. The molecule has 1 aliphatic carbocycles. The molecule has 0 unspecified atom stereocenters. The molecule has 30 heavy (non-hydrogen) atoms. The molecule has 2 N–H and O–H groups in total. The van der Waals surface area contributed by atoms with Crippen LogP contribution in [0, 0.1) is 0 Å². The predicted molar refractivity (Wildman–Crippen MR) is 115 cm³/mol. The Kier molecular flexibility index (Phi) is 5.13. The highest BCUT2D eigenvalue weighted by Crippen LogP contribution is 2.35. The van der Waals surface area contributed by atoms with Crippen LogP contribution in [0.15, 0.2) is 41.5 Å². The van der Waals surface area contributed by atoms with Gasteiger partial charge >= 0.3 is 0 Å². The van der Waals surface area contributed by atoms with Crippen molar-refractivity contribution in [1.82, 2.24) is 14.0 Å². The lowest BCUT2D eigenvalue weighted by atomic mass is 9.83. The number of aromatic nitrogens is 3. The average molecular weight is 409 g/mol. The maximum Gasteiger partial charge on any atom is 0.263 e. The molecule has 2 heterocycles. The summed E-state index contributed by atoms with van der Waals surface area (Å²) in [4.78, 5) is 30.1. The fourth-order valence-electron chi connectivity index (χ4n) is 3.92. The van der Waals surface area contributed by atoms with Crippen LogP contribution in [-0.2, 0) is 23.2 Å². The normalized spacial score (nSPS) is 14.6. The standard InChI is InChI=1S/C23H28N4O3/c1-23(2,21(24)29)17-13-26(12-11-16-7-4-5-10-19(16)30-3)22-25-18(15-8-6-9-15)14-27(22)20(17)28/h4-5,7,10,13-15H,6,8-9,11-12H2,1-3H3,(H2,24,29). The Hall–Kier alpha value is -3.09. The summed E-state index contributed by atoms with van der Waals surface area (Å²) in [5.41, 5.74) is 6.69. The quantitative estimate of drug-likeness (QED) is 0.651. The van der Waals surface area contributed by atoms with Gasteiger partial charge < -0.3 is 15.0 Å². The second-order valence-electron chi connectivity index (χ2n) is 8.56. The highest BCUT2D eigenvalue weighted by molar-refractivity contribution is 5.85. The van der Waals surface area contributed by atoms with Crippen LogP contribution in [0.2, 0.25) is 0 Å². The molecular weight excluding hydrogens is 380 g/mol. The summed E-state index contributed by atoms with van der Waals surface area (Å²) in [6.07, 6.45) is 7.66. The topological polar surface area (TPSA) is 91.6 Å². The number of primary amides is 1. The molecule has 0 saturated heterocycles. The molecule has 1 aromatic carbocycles. The molecule has 7 heteroatoms. The van der Waals surface area contributed by atoms with E-state index >= 15 is 0 Å². The summed E-state index contributed by atoms with van der Waals surface area (Å²) in [5.74, 6) is 1.29. The largest absolute Gasteiger partial charge is 0.496 e. The molecule has 1 aliphatic rings. The number of ether oxygens (including phenoxy) is 1. The maximum atomic E-state index is 13.2. The van der Waals surface area contributed by atoms with E-state index in [2.05, 4.69) is 0 Å². The highest BCUT2D eigenvalue weighted by atomic mass is 16.5. The number of aryl methyl sites for hydroxylation is 2.